The van der Waals surface area contributed by atoms with Crippen LogP contribution >= 0.6 is 11.8 Å². The van der Waals surface area contributed by atoms with E-state index in [0.717, 1.165) is 17.0 Å². The SMILES string of the molecule is COc1cccc(CNC(=O)c2nnn(-c3ccccc3)c2CSc2ncccn2)c1. The summed E-state index contributed by atoms with van der Waals surface area (Å²) in [6, 6.07) is 18.9. The fourth-order valence-corrected chi connectivity index (χ4v) is 3.72. The summed E-state index contributed by atoms with van der Waals surface area (Å²) in [5.41, 5.74) is 2.70. The van der Waals surface area contributed by atoms with Gasteiger partial charge in [0.2, 0.25) is 0 Å². The van der Waals surface area contributed by atoms with Crippen molar-refractivity contribution in [3.8, 4) is 11.4 Å². The molecule has 4 rings (SSSR count). The van der Waals surface area contributed by atoms with Gasteiger partial charge in [-0.2, -0.15) is 0 Å². The van der Waals surface area contributed by atoms with Crippen molar-refractivity contribution in [3.05, 3.63) is 90.0 Å². The molecule has 0 saturated carbocycles. The van der Waals surface area contributed by atoms with Gasteiger partial charge in [0.1, 0.15) is 5.75 Å². The number of aromatic nitrogens is 5. The van der Waals surface area contributed by atoms with Crippen LogP contribution in [0.3, 0.4) is 0 Å². The van der Waals surface area contributed by atoms with Crippen LogP contribution in [0.2, 0.25) is 0 Å². The van der Waals surface area contributed by atoms with Crippen molar-refractivity contribution < 1.29 is 9.53 Å². The molecule has 0 aliphatic heterocycles. The maximum Gasteiger partial charge on any atom is 0.274 e. The van der Waals surface area contributed by atoms with Gasteiger partial charge in [-0.05, 0) is 35.9 Å². The van der Waals surface area contributed by atoms with E-state index in [0.29, 0.717) is 23.1 Å². The second-order valence-corrected chi connectivity index (χ2v) is 7.43. The van der Waals surface area contributed by atoms with Crippen LogP contribution in [0.4, 0.5) is 0 Å². The molecule has 0 saturated heterocycles. The summed E-state index contributed by atoms with van der Waals surface area (Å²) in [6.07, 6.45) is 3.37. The number of amides is 1. The van der Waals surface area contributed by atoms with Crippen LogP contribution in [0, 0.1) is 0 Å². The highest BCUT2D eigenvalue weighted by Gasteiger charge is 2.21. The number of rotatable bonds is 8. The Hall–Kier alpha value is -3.72. The van der Waals surface area contributed by atoms with Crippen LogP contribution < -0.4 is 10.1 Å². The summed E-state index contributed by atoms with van der Waals surface area (Å²) in [6.45, 7) is 0.350. The monoisotopic (exact) mass is 432 g/mol. The standard InChI is InChI=1S/C22H20N6O2S/c1-30-18-10-5-7-16(13-18)14-25-21(29)20-19(15-31-22-23-11-6-12-24-22)28(27-26-20)17-8-3-2-4-9-17/h2-13H,14-15H2,1H3,(H,25,29). The molecule has 2 heterocycles. The minimum Gasteiger partial charge on any atom is -0.497 e. The van der Waals surface area contributed by atoms with Crippen LogP contribution in [-0.2, 0) is 12.3 Å². The fraction of sp³-hybridized carbons (Fsp3) is 0.136. The molecule has 8 nitrogen and oxygen atoms in total. The van der Waals surface area contributed by atoms with E-state index in [1.807, 2.05) is 54.6 Å². The minimum absolute atomic E-state index is 0.273. The Morgan fingerprint density at radius 1 is 1.06 bits per heavy atom. The van der Waals surface area contributed by atoms with E-state index in [2.05, 4.69) is 25.6 Å². The zero-order valence-electron chi connectivity index (χ0n) is 16.8. The zero-order valence-corrected chi connectivity index (χ0v) is 17.6. The summed E-state index contributed by atoms with van der Waals surface area (Å²) in [5.74, 6) is 0.879. The van der Waals surface area contributed by atoms with Crippen molar-refractivity contribution in [3.63, 3.8) is 0 Å². The summed E-state index contributed by atoms with van der Waals surface area (Å²) in [4.78, 5) is 21.4. The Labute approximate surface area is 183 Å². The van der Waals surface area contributed by atoms with Gasteiger partial charge in [0.15, 0.2) is 10.9 Å². The Bertz CT molecular complexity index is 1150. The van der Waals surface area contributed by atoms with Crippen molar-refractivity contribution in [2.45, 2.75) is 17.5 Å². The molecule has 1 N–H and O–H groups in total. The third kappa shape index (κ3) is 5.07. The normalized spacial score (nSPS) is 10.6. The van der Waals surface area contributed by atoms with E-state index in [-0.39, 0.29) is 11.6 Å². The number of carbonyl (C=O) groups is 1. The van der Waals surface area contributed by atoms with Crippen molar-refractivity contribution in [2.24, 2.45) is 0 Å². The molecule has 0 fully saturated rings. The van der Waals surface area contributed by atoms with Crippen molar-refractivity contribution in [1.82, 2.24) is 30.3 Å². The molecule has 156 valence electrons. The van der Waals surface area contributed by atoms with Gasteiger partial charge in [0.05, 0.1) is 18.5 Å². The number of benzene rings is 2. The predicted octanol–water partition coefficient (Wildman–Crippen LogP) is 3.29. The smallest absolute Gasteiger partial charge is 0.274 e. The number of nitrogens with zero attached hydrogens (tertiary/aromatic N) is 5. The van der Waals surface area contributed by atoms with Crippen molar-refractivity contribution >= 4 is 17.7 Å². The molecule has 0 aliphatic rings. The molecule has 1 amide bonds. The highest BCUT2D eigenvalue weighted by molar-refractivity contribution is 7.98. The van der Waals surface area contributed by atoms with E-state index in [1.54, 1.807) is 30.3 Å². The number of hydrogen-bond donors (Lipinski definition) is 1. The largest absolute Gasteiger partial charge is 0.497 e. The topological polar surface area (TPSA) is 94.8 Å². The Balaban J connectivity index is 1.56. The lowest BCUT2D eigenvalue weighted by Crippen LogP contribution is -2.24. The quantitative estimate of drug-likeness (QED) is 0.337. The van der Waals surface area contributed by atoms with Gasteiger partial charge in [0.25, 0.3) is 5.91 Å². The fourth-order valence-electron chi connectivity index (χ4n) is 2.93. The third-order valence-electron chi connectivity index (χ3n) is 4.45. The lowest BCUT2D eigenvalue weighted by atomic mass is 10.2. The van der Waals surface area contributed by atoms with Crippen molar-refractivity contribution in [2.75, 3.05) is 7.11 Å². The van der Waals surface area contributed by atoms with Crippen LogP contribution in [0.1, 0.15) is 21.7 Å². The molecule has 0 atom stereocenters. The number of nitrogens with one attached hydrogen (secondary N) is 1. The number of hydrogen-bond acceptors (Lipinski definition) is 7. The maximum atomic E-state index is 13.0. The van der Waals surface area contributed by atoms with E-state index >= 15 is 0 Å². The molecule has 0 aliphatic carbocycles. The van der Waals surface area contributed by atoms with Gasteiger partial charge >= 0.3 is 0 Å². The maximum absolute atomic E-state index is 13.0. The van der Waals surface area contributed by atoms with Gasteiger partial charge in [-0.15, -0.1) is 5.10 Å². The highest BCUT2D eigenvalue weighted by atomic mass is 32.2. The van der Waals surface area contributed by atoms with Gasteiger partial charge in [0, 0.05) is 24.7 Å². The molecule has 0 spiro atoms. The van der Waals surface area contributed by atoms with E-state index < -0.39 is 0 Å². The van der Waals surface area contributed by atoms with E-state index in [1.165, 1.54) is 11.8 Å². The Morgan fingerprint density at radius 2 is 1.87 bits per heavy atom. The third-order valence-corrected chi connectivity index (χ3v) is 5.33. The first-order valence-electron chi connectivity index (χ1n) is 9.55. The second-order valence-electron chi connectivity index (χ2n) is 6.49. The van der Waals surface area contributed by atoms with Crippen molar-refractivity contribution in [1.29, 1.82) is 0 Å². The number of thioether (sulfide) groups is 1. The van der Waals surface area contributed by atoms with Crippen LogP contribution in [0.15, 0.2) is 78.2 Å². The lowest BCUT2D eigenvalue weighted by Gasteiger charge is -2.09. The molecular weight excluding hydrogens is 412 g/mol. The number of ether oxygens (including phenoxy) is 1. The number of methoxy groups -OCH3 is 1. The number of carbonyl (C=O) groups excluding carboxylic acids is 1. The summed E-state index contributed by atoms with van der Waals surface area (Å²) in [7, 11) is 1.61. The number of para-hydroxylation sites is 1. The molecule has 0 bridgehead atoms. The van der Waals surface area contributed by atoms with Gasteiger partial charge in [-0.3, -0.25) is 4.79 Å². The second kappa shape index (κ2) is 9.86. The van der Waals surface area contributed by atoms with Gasteiger partial charge in [-0.1, -0.05) is 47.3 Å². The van der Waals surface area contributed by atoms with Gasteiger partial charge in [-0.25, -0.2) is 14.6 Å². The van der Waals surface area contributed by atoms with E-state index in [4.69, 9.17) is 4.74 Å². The summed E-state index contributed by atoms with van der Waals surface area (Å²) < 4.78 is 6.92. The molecule has 0 unspecified atom stereocenters. The van der Waals surface area contributed by atoms with E-state index in [9.17, 15) is 4.79 Å². The average molecular weight is 433 g/mol. The first-order chi connectivity index (χ1) is 15.2. The first kappa shape index (κ1) is 20.5. The Kier molecular flexibility index (Phi) is 6.53. The molecule has 2 aromatic carbocycles. The lowest BCUT2D eigenvalue weighted by molar-refractivity contribution is 0.0945. The molecule has 31 heavy (non-hydrogen) atoms. The summed E-state index contributed by atoms with van der Waals surface area (Å²) >= 11 is 1.42. The van der Waals surface area contributed by atoms with Crippen LogP contribution in [-0.4, -0.2) is 38.0 Å². The predicted molar refractivity (Wildman–Crippen MR) is 117 cm³/mol. The first-order valence-corrected chi connectivity index (χ1v) is 10.5. The highest BCUT2D eigenvalue weighted by Crippen LogP contribution is 2.23. The zero-order chi connectivity index (χ0) is 21.5. The van der Waals surface area contributed by atoms with Gasteiger partial charge < -0.3 is 10.1 Å². The van der Waals surface area contributed by atoms with Crippen LogP contribution in [0.5, 0.6) is 5.75 Å². The molecule has 0 radical (unpaired) electrons. The molecular formula is C22H20N6O2S. The Morgan fingerprint density at radius 3 is 2.65 bits per heavy atom. The average Bonchev–Trinajstić information content (AvgIpc) is 3.26. The van der Waals surface area contributed by atoms with Crippen LogP contribution in [0.25, 0.3) is 5.69 Å². The minimum atomic E-state index is -0.297. The molecule has 4 aromatic rings. The molecule has 9 heteroatoms. The summed E-state index contributed by atoms with van der Waals surface area (Å²) in [5, 5.41) is 11.9. The molecule has 2 aromatic heterocycles.